The average molecular weight is 884 g/mol. The van der Waals surface area contributed by atoms with E-state index in [1.54, 1.807) is 0 Å². The van der Waals surface area contributed by atoms with E-state index in [4.69, 9.17) is 14.2 Å². The van der Waals surface area contributed by atoms with Gasteiger partial charge in [-0.2, -0.15) is 0 Å². The van der Waals surface area contributed by atoms with Crippen molar-refractivity contribution in [1.82, 2.24) is 0 Å². The van der Waals surface area contributed by atoms with Gasteiger partial charge in [0.1, 0.15) is 16.8 Å². The lowest BCUT2D eigenvalue weighted by Crippen LogP contribution is -2.49. The third kappa shape index (κ3) is 18.0. The summed E-state index contributed by atoms with van der Waals surface area (Å²) in [5, 5.41) is 0. The van der Waals surface area contributed by atoms with Crippen molar-refractivity contribution in [3.05, 3.63) is 0 Å². The Labute approximate surface area is 390 Å². The molecule has 0 spiro atoms. The fourth-order valence-corrected chi connectivity index (χ4v) is 10.3. The van der Waals surface area contributed by atoms with E-state index in [2.05, 4.69) is 41.5 Å². The van der Waals surface area contributed by atoms with Gasteiger partial charge in [-0.3, -0.25) is 14.4 Å². The molecule has 0 aromatic heterocycles. The molecular weight excluding hydrogens is 769 g/mol. The van der Waals surface area contributed by atoms with Gasteiger partial charge in [0.05, 0.1) is 16.2 Å². The minimum absolute atomic E-state index is 0. The molecule has 2 atom stereocenters. The van der Waals surface area contributed by atoms with E-state index in [1.807, 2.05) is 48.5 Å². The molecule has 374 valence electrons. The van der Waals surface area contributed by atoms with E-state index < -0.39 is 0 Å². The molecule has 0 heterocycles. The predicted molar refractivity (Wildman–Crippen MR) is 272 cm³/mol. The molecule has 62 heavy (non-hydrogen) atoms. The number of carbonyl (C=O) groups is 3. The van der Waals surface area contributed by atoms with Crippen molar-refractivity contribution in [1.29, 1.82) is 0 Å². The second-order valence-electron chi connectivity index (χ2n) is 22.2. The van der Waals surface area contributed by atoms with Crippen LogP contribution >= 0.6 is 0 Å². The molecule has 6 fully saturated rings. The number of rotatable bonds is 10. The molecule has 0 saturated heterocycles. The van der Waals surface area contributed by atoms with Crippen molar-refractivity contribution in [2.45, 2.75) is 305 Å². The van der Waals surface area contributed by atoms with Gasteiger partial charge in [0, 0.05) is 5.41 Å². The first-order chi connectivity index (χ1) is 26.0. The van der Waals surface area contributed by atoms with Crippen LogP contribution in [0.4, 0.5) is 0 Å². The Balaban J connectivity index is -0.000000390. The van der Waals surface area contributed by atoms with E-state index in [-0.39, 0.29) is 101 Å². The summed E-state index contributed by atoms with van der Waals surface area (Å²) in [6, 6.07) is 0. The molecule has 0 aliphatic heterocycles. The van der Waals surface area contributed by atoms with Crippen molar-refractivity contribution >= 4 is 17.9 Å². The highest BCUT2D eigenvalue weighted by Gasteiger charge is 2.65. The molecule has 6 saturated carbocycles. The number of hydrogen-bond donors (Lipinski definition) is 0. The zero-order valence-corrected chi connectivity index (χ0v) is 39.2. The lowest BCUT2D eigenvalue weighted by molar-refractivity contribution is -0.185. The first kappa shape index (κ1) is 67.0. The Morgan fingerprint density at radius 1 is 0.452 bits per heavy atom. The van der Waals surface area contributed by atoms with Crippen LogP contribution in [-0.4, -0.2) is 34.7 Å². The smallest absolute Gasteiger partial charge is 0.312 e. The minimum Gasteiger partial charge on any atom is -0.459 e. The zero-order valence-electron chi connectivity index (χ0n) is 39.2. The van der Waals surface area contributed by atoms with Gasteiger partial charge < -0.3 is 14.2 Å². The second-order valence-corrected chi connectivity index (χ2v) is 22.2. The van der Waals surface area contributed by atoms with E-state index in [9.17, 15) is 14.4 Å². The van der Waals surface area contributed by atoms with Crippen molar-refractivity contribution in [3.8, 4) is 0 Å². The van der Waals surface area contributed by atoms with Crippen LogP contribution < -0.4 is 0 Å². The topological polar surface area (TPSA) is 78.9 Å². The Morgan fingerprint density at radius 3 is 1.02 bits per heavy atom. The van der Waals surface area contributed by atoms with Crippen molar-refractivity contribution in [2.24, 2.45) is 39.4 Å². The summed E-state index contributed by atoms with van der Waals surface area (Å²) in [7, 11) is 0. The molecule has 0 amide bonds. The van der Waals surface area contributed by atoms with E-state index in [0.717, 1.165) is 62.7 Å². The maximum atomic E-state index is 12.5. The van der Waals surface area contributed by atoms with Crippen LogP contribution in [0.25, 0.3) is 0 Å². The van der Waals surface area contributed by atoms with Crippen molar-refractivity contribution in [3.63, 3.8) is 0 Å². The maximum Gasteiger partial charge on any atom is 0.312 e. The predicted octanol–water partition coefficient (Wildman–Crippen LogP) is 18.1. The van der Waals surface area contributed by atoms with Gasteiger partial charge in [-0.15, -0.1) is 0 Å². The molecule has 6 aliphatic rings. The molecule has 2 unspecified atom stereocenters. The number of carbonyl (C=O) groups excluding carboxylic acids is 3. The molecule has 6 rings (SSSR count). The third-order valence-corrected chi connectivity index (χ3v) is 15.8. The van der Waals surface area contributed by atoms with E-state index >= 15 is 0 Å². The highest BCUT2D eigenvalue weighted by Crippen LogP contribution is 2.69. The Hall–Kier alpha value is -1.59. The van der Waals surface area contributed by atoms with Crippen molar-refractivity contribution < 1.29 is 28.6 Å². The van der Waals surface area contributed by atoms with Gasteiger partial charge >= 0.3 is 17.9 Å². The van der Waals surface area contributed by atoms with Crippen LogP contribution in [0, 0.1) is 39.4 Å². The van der Waals surface area contributed by atoms with E-state index in [0.29, 0.717) is 0 Å². The highest BCUT2D eigenvalue weighted by molar-refractivity contribution is 5.77. The van der Waals surface area contributed by atoms with Gasteiger partial charge in [0.25, 0.3) is 0 Å². The van der Waals surface area contributed by atoms with Crippen LogP contribution in [0.2, 0.25) is 0 Å². The van der Waals surface area contributed by atoms with Crippen LogP contribution in [0.15, 0.2) is 0 Å². The second kappa shape index (κ2) is 27.8. The van der Waals surface area contributed by atoms with Gasteiger partial charge in [-0.25, -0.2) is 0 Å². The van der Waals surface area contributed by atoms with Crippen LogP contribution in [0.1, 0.15) is 289 Å². The fraction of sp³-hybridized carbons (Fsp3) is 0.946. The van der Waals surface area contributed by atoms with Crippen molar-refractivity contribution in [2.75, 3.05) is 0 Å². The number of ether oxygens (including phenoxy) is 3. The Kier molecular flexibility index (Phi) is 30.0. The van der Waals surface area contributed by atoms with Crippen LogP contribution in [0.5, 0.6) is 0 Å². The summed E-state index contributed by atoms with van der Waals surface area (Å²) in [6.07, 6.45) is 28.7. The summed E-state index contributed by atoms with van der Waals surface area (Å²) in [6.45, 7) is 26.7. The van der Waals surface area contributed by atoms with Crippen LogP contribution in [-0.2, 0) is 28.6 Å². The monoisotopic (exact) mass is 883 g/mol. The molecular formula is C56H114O6. The van der Waals surface area contributed by atoms with Gasteiger partial charge in [-0.1, -0.05) is 117 Å². The first-order valence-electron chi connectivity index (χ1n) is 23.7. The zero-order chi connectivity index (χ0) is 42.1. The van der Waals surface area contributed by atoms with Gasteiger partial charge in [-0.05, 0) is 190 Å². The fourth-order valence-electron chi connectivity index (χ4n) is 10.3. The normalized spacial score (nSPS) is 25.2. The molecule has 4 bridgehead atoms. The van der Waals surface area contributed by atoms with E-state index in [1.165, 1.54) is 109 Å². The van der Waals surface area contributed by atoms with Gasteiger partial charge in [0.15, 0.2) is 0 Å². The lowest BCUT2D eigenvalue weighted by atomic mass is 9.65. The third-order valence-electron chi connectivity index (χ3n) is 15.8. The summed E-state index contributed by atoms with van der Waals surface area (Å²) in [4.78, 5) is 37.0. The average Bonchev–Trinajstić information content (AvgIpc) is 3.54. The SMILES string of the molecule is C.C.C.C.C.C.CCC(C)(C)C(=O)OC(C)(C)C12CC3CC(CC1C3)C2.CCC(C)(C)C(=O)OC1(C)CCCCCCC1.CCC(C)(C)C(=O)OC1(C)CCCCCCCCC1. The number of esters is 3. The Bertz CT molecular complexity index is 1230. The standard InChI is InChI=1S/C18H30O2.C17H32O2.C15H28O2.6CH4/c1-6-16(2,3)15(19)20-17(4,5)18-10-12-7-13(11-18)9-14(18)8-12;1-5-16(2,3)15(18)19-17(4)13-11-9-7-6-8-10-12-14-17;1-5-14(2,3)13(16)17-15(4)11-9-7-6-8-10-12-15;;;;;;/h12-14H,6-11H2,1-5H3;5-14H2,1-4H3;5-12H2,1-4H3;6*1H4. The molecule has 0 radical (unpaired) electrons. The lowest BCUT2D eigenvalue weighted by Gasteiger charge is -2.46. The molecule has 6 aliphatic carbocycles. The maximum absolute atomic E-state index is 12.5. The highest BCUT2D eigenvalue weighted by atomic mass is 16.6. The molecule has 6 nitrogen and oxygen atoms in total. The Morgan fingerprint density at radius 2 is 0.726 bits per heavy atom. The molecule has 6 heteroatoms. The summed E-state index contributed by atoms with van der Waals surface area (Å²) in [5.41, 5.74) is -1.52. The summed E-state index contributed by atoms with van der Waals surface area (Å²) < 4.78 is 17.9. The largest absolute Gasteiger partial charge is 0.459 e. The minimum atomic E-state index is -0.358. The first-order valence-corrected chi connectivity index (χ1v) is 23.7. The summed E-state index contributed by atoms with van der Waals surface area (Å²) >= 11 is 0. The quantitative estimate of drug-likeness (QED) is 0.161. The summed E-state index contributed by atoms with van der Waals surface area (Å²) in [5.74, 6) is 2.57. The number of hydrogen-bond acceptors (Lipinski definition) is 6. The molecule has 0 N–H and O–H groups in total. The molecule has 0 aromatic rings. The molecule has 0 aromatic carbocycles. The van der Waals surface area contributed by atoms with Crippen LogP contribution in [0.3, 0.4) is 0 Å². The van der Waals surface area contributed by atoms with Gasteiger partial charge in [0.2, 0.25) is 0 Å².